The van der Waals surface area contributed by atoms with Gasteiger partial charge < -0.3 is 34.3 Å². The third-order valence-corrected chi connectivity index (χ3v) is 7.55. The molecule has 9 atom stereocenters. The lowest BCUT2D eigenvalue weighted by Crippen LogP contribution is -2.61. The van der Waals surface area contributed by atoms with Gasteiger partial charge >= 0.3 is 5.97 Å². The van der Waals surface area contributed by atoms with Crippen LogP contribution in [0.2, 0.25) is 0 Å². The molecule has 4 rings (SSSR count). The Hall–Kier alpha value is -1.66. The van der Waals surface area contributed by atoms with Crippen molar-refractivity contribution in [1.82, 2.24) is 0 Å². The summed E-state index contributed by atoms with van der Waals surface area (Å²) < 4.78 is 24.2. The van der Waals surface area contributed by atoms with Gasteiger partial charge in [-0.05, 0) is 42.3 Å². The molecule has 0 aliphatic carbocycles. The predicted molar refractivity (Wildman–Crippen MR) is 136 cm³/mol. The summed E-state index contributed by atoms with van der Waals surface area (Å²) in [6.45, 7) is 3.82. The summed E-state index contributed by atoms with van der Waals surface area (Å²) in [6, 6.07) is 8.63. The van der Waals surface area contributed by atoms with E-state index in [1.54, 1.807) is 24.3 Å². The van der Waals surface area contributed by atoms with Crippen LogP contribution in [-0.2, 0) is 23.7 Å². The van der Waals surface area contributed by atoms with Crippen LogP contribution in [0.25, 0.3) is 0 Å². The highest BCUT2D eigenvalue weighted by Gasteiger charge is 2.56. The molecule has 3 saturated heterocycles. The molecule has 0 amide bonds. The number of ketones is 1. The fourth-order valence-electron chi connectivity index (χ4n) is 5.34. The van der Waals surface area contributed by atoms with Crippen molar-refractivity contribution in [3.63, 3.8) is 0 Å². The van der Waals surface area contributed by atoms with Gasteiger partial charge in [-0.2, -0.15) is 0 Å². The fraction of sp³-hybridized carbons (Fsp3) is 0.630. The van der Waals surface area contributed by atoms with Crippen LogP contribution in [0.3, 0.4) is 0 Å². The van der Waals surface area contributed by atoms with Crippen LogP contribution in [0.4, 0.5) is 0 Å². The van der Waals surface area contributed by atoms with E-state index in [0.29, 0.717) is 42.1 Å². The van der Waals surface area contributed by atoms with Crippen molar-refractivity contribution in [3.8, 4) is 0 Å². The zero-order valence-electron chi connectivity index (χ0n) is 20.6. The summed E-state index contributed by atoms with van der Waals surface area (Å²) in [5.74, 6) is -0.628. The zero-order chi connectivity index (χ0) is 26.5. The topological polar surface area (TPSA) is 132 Å². The van der Waals surface area contributed by atoms with E-state index in [1.807, 2.05) is 6.07 Å². The van der Waals surface area contributed by atoms with E-state index in [0.717, 1.165) is 0 Å². The number of carbonyl (C=O) groups excluding carboxylic acids is 2. The number of Topliss-reactive ketones (excluding diaryl/α,β-unsaturated/α-hetero) is 1. The number of aliphatic hydroxyl groups is 3. The van der Waals surface area contributed by atoms with Gasteiger partial charge in [-0.3, -0.25) is 4.79 Å². The molecule has 0 saturated carbocycles. The average Bonchev–Trinajstić information content (AvgIpc) is 3.18. The third-order valence-electron chi connectivity index (χ3n) is 7.22. The lowest BCUT2D eigenvalue weighted by Gasteiger charge is -2.46. The smallest absolute Gasteiger partial charge is 0.338 e. The van der Waals surface area contributed by atoms with E-state index in [1.165, 1.54) is 0 Å². The Balaban J connectivity index is 1.30. The van der Waals surface area contributed by atoms with Gasteiger partial charge in [0.25, 0.3) is 0 Å². The second kappa shape index (κ2) is 12.9. The summed E-state index contributed by atoms with van der Waals surface area (Å²) >= 11 is 3.30. The molecule has 3 aliphatic heterocycles. The van der Waals surface area contributed by atoms with Crippen LogP contribution < -0.4 is 0 Å². The van der Waals surface area contributed by atoms with E-state index >= 15 is 0 Å². The van der Waals surface area contributed by atoms with Crippen molar-refractivity contribution in [2.45, 2.75) is 99.9 Å². The molecule has 0 aromatic heterocycles. The molecule has 0 radical (unpaired) electrons. The van der Waals surface area contributed by atoms with Crippen LogP contribution >= 0.6 is 15.9 Å². The van der Waals surface area contributed by atoms with Crippen molar-refractivity contribution in [1.29, 1.82) is 0 Å². The molecular weight excluding hydrogens is 548 g/mol. The summed E-state index contributed by atoms with van der Waals surface area (Å²) in [6.07, 6.45) is -3.59. The molecule has 10 heteroatoms. The predicted octanol–water partition coefficient (Wildman–Crippen LogP) is 2.44. The number of ether oxygens (including phenoxy) is 4. The first-order chi connectivity index (χ1) is 17.8. The minimum absolute atomic E-state index is 0.000520. The van der Waals surface area contributed by atoms with Crippen molar-refractivity contribution < 1.29 is 43.9 Å². The number of benzene rings is 1. The van der Waals surface area contributed by atoms with Crippen molar-refractivity contribution in [3.05, 3.63) is 47.0 Å². The van der Waals surface area contributed by atoms with Crippen LogP contribution in [0, 0.1) is 0 Å². The number of halogens is 1. The van der Waals surface area contributed by atoms with E-state index in [-0.39, 0.29) is 37.4 Å². The molecule has 1 aromatic rings. The molecule has 3 fully saturated rings. The van der Waals surface area contributed by atoms with E-state index < -0.39 is 48.7 Å². The first-order valence-electron chi connectivity index (χ1n) is 12.8. The van der Waals surface area contributed by atoms with Gasteiger partial charge in [0.05, 0.1) is 23.9 Å². The second-order valence-electron chi connectivity index (χ2n) is 9.97. The summed E-state index contributed by atoms with van der Waals surface area (Å²) in [5, 5.41) is 31.0. The third kappa shape index (κ3) is 7.06. The Morgan fingerprint density at radius 3 is 2.49 bits per heavy atom. The average molecular weight is 583 g/mol. The van der Waals surface area contributed by atoms with Crippen LogP contribution in [0.1, 0.15) is 55.3 Å². The molecule has 3 heterocycles. The van der Waals surface area contributed by atoms with Crippen LogP contribution in [-0.4, -0.2) is 88.6 Å². The highest BCUT2D eigenvalue weighted by Crippen LogP contribution is 2.40. The highest BCUT2D eigenvalue weighted by atomic mass is 79.9. The Labute approximate surface area is 224 Å². The lowest BCUT2D eigenvalue weighted by atomic mass is 9.88. The zero-order valence-corrected chi connectivity index (χ0v) is 22.2. The van der Waals surface area contributed by atoms with Gasteiger partial charge in [0.1, 0.15) is 42.4 Å². The number of aliphatic hydroxyl groups excluding tert-OH is 3. The molecule has 3 N–H and O–H groups in total. The maximum Gasteiger partial charge on any atom is 0.338 e. The number of rotatable bonds is 11. The molecule has 1 unspecified atom stereocenters. The van der Waals surface area contributed by atoms with Crippen LogP contribution in [0.15, 0.2) is 41.4 Å². The maximum atomic E-state index is 12.8. The maximum absolute atomic E-state index is 12.8. The van der Waals surface area contributed by atoms with Crippen molar-refractivity contribution in [2.24, 2.45) is 0 Å². The minimum atomic E-state index is -1.06. The minimum Gasteiger partial charge on any atom is -0.458 e. The Morgan fingerprint density at radius 2 is 1.78 bits per heavy atom. The monoisotopic (exact) mass is 582 g/mol. The number of fused-ring (bicyclic) bond motifs is 2. The molecule has 204 valence electrons. The molecular formula is C27H35BrO9. The Kier molecular flexibility index (Phi) is 9.90. The molecule has 1 aromatic carbocycles. The van der Waals surface area contributed by atoms with Gasteiger partial charge in [0, 0.05) is 25.9 Å². The molecule has 0 bridgehead atoms. The second-order valence-corrected chi connectivity index (χ2v) is 11.1. The van der Waals surface area contributed by atoms with E-state index in [2.05, 4.69) is 22.5 Å². The lowest BCUT2D eigenvalue weighted by molar-refractivity contribution is -0.260. The standard InChI is InChI=1S/C27H35BrO9/c1-15(28)13-19(35-27(33)16-5-3-2-4-6-16)8-7-17(30)14-21-22(31)25-26(37-21)23(32)24-20(36-25)10-9-18(34-24)11-12-29/h2-6,18-26,29,31-32H,1,7-14H2/t18?,19-,20-,21+,22-,23-,24-,25-,26-/m0/s1. The van der Waals surface area contributed by atoms with Gasteiger partial charge in [0.2, 0.25) is 0 Å². The number of carbonyl (C=O) groups is 2. The Morgan fingerprint density at radius 1 is 1.05 bits per heavy atom. The normalized spacial score (nSPS) is 33.7. The summed E-state index contributed by atoms with van der Waals surface area (Å²) in [7, 11) is 0. The SMILES string of the molecule is C=C(Br)C[C@H](CCC(=O)C[C@H]1O[C@H]2[C@@H](O)[C@H]3OC(CCO)CC[C@@H]3O[C@H]2[C@H]1O)OC(=O)c1ccccc1. The van der Waals surface area contributed by atoms with Crippen molar-refractivity contribution >= 4 is 27.7 Å². The van der Waals surface area contributed by atoms with Gasteiger partial charge in [-0.15, -0.1) is 0 Å². The highest BCUT2D eigenvalue weighted by molar-refractivity contribution is 9.11. The first-order valence-corrected chi connectivity index (χ1v) is 13.6. The first kappa shape index (κ1) is 28.4. The van der Waals surface area contributed by atoms with Gasteiger partial charge in [0.15, 0.2) is 0 Å². The largest absolute Gasteiger partial charge is 0.458 e. The molecule has 0 spiro atoms. The Bertz CT molecular complexity index is 941. The summed E-state index contributed by atoms with van der Waals surface area (Å²) in [5.41, 5.74) is 0.426. The van der Waals surface area contributed by atoms with E-state index in [4.69, 9.17) is 18.9 Å². The van der Waals surface area contributed by atoms with E-state index in [9.17, 15) is 24.9 Å². The molecule has 3 aliphatic rings. The van der Waals surface area contributed by atoms with Crippen LogP contribution in [0.5, 0.6) is 0 Å². The van der Waals surface area contributed by atoms with Gasteiger partial charge in [-0.25, -0.2) is 4.79 Å². The van der Waals surface area contributed by atoms with Crippen molar-refractivity contribution in [2.75, 3.05) is 6.61 Å². The number of hydrogen-bond donors (Lipinski definition) is 3. The van der Waals surface area contributed by atoms with Gasteiger partial charge in [-0.1, -0.05) is 40.7 Å². The number of esters is 1. The quantitative estimate of drug-likeness (QED) is 0.336. The molecule has 9 nitrogen and oxygen atoms in total. The molecule has 37 heavy (non-hydrogen) atoms. The fourth-order valence-corrected chi connectivity index (χ4v) is 5.70. The summed E-state index contributed by atoms with van der Waals surface area (Å²) in [4.78, 5) is 25.3. The number of hydrogen-bond acceptors (Lipinski definition) is 9.